The summed E-state index contributed by atoms with van der Waals surface area (Å²) < 4.78 is 25.0. The van der Waals surface area contributed by atoms with Gasteiger partial charge in [0.1, 0.15) is 0 Å². The van der Waals surface area contributed by atoms with Gasteiger partial charge >= 0.3 is 5.82 Å². The maximum Gasteiger partial charge on any atom is 0.365 e. The molecule has 15 heavy (non-hydrogen) atoms. The van der Waals surface area contributed by atoms with Crippen molar-refractivity contribution in [2.45, 2.75) is 11.8 Å². The Morgan fingerprint density at radius 3 is 2.67 bits per heavy atom. The molecular weight excluding hydrogens is 297 g/mol. The minimum absolute atomic E-state index is 0.0660. The second-order valence-electron chi connectivity index (χ2n) is 2.53. The lowest BCUT2D eigenvalue weighted by Crippen LogP contribution is -2.00. The number of nitro groups is 1. The molecule has 0 aliphatic carbocycles. The lowest BCUT2D eigenvalue weighted by Gasteiger charge is -2.05. The summed E-state index contributed by atoms with van der Waals surface area (Å²) in [7, 11) is 0. The summed E-state index contributed by atoms with van der Waals surface area (Å²) >= 11 is 8.51. The number of halogens is 4. The molecule has 0 N–H and O–H groups in total. The van der Waals surface area contributed by atoms with Crippen molar-refractivity contribution in [3.05, 3.63) is 32.5 Å². The van der Waals surface area contributed by atoms with Crippen LogP contribution in [0.4, 0.5) is 14.6 Å². The van der Waals surface area contributed by atoms with E-state index in [0.29, 0.717) is 0 Å². The van der Waals surface area contributed by atoms with Gasteiger partial charge in [0.2, 0.25) is 5.15 Å². The molecule has 82 valence electrons. The summed E-state index contributed by atoms with van der Waals surface area (Å²) in [5.41, 5.74) is -0.407. The third-order valence-electron chi connectivity index (χ3n) is 1.65. The fourth-order valence-corrected chi connectivity index (χ4v) is 1.98. The summed E-state index contributed by atoms with van der Waals surface area (Å²) in [5, 5.41) is 10.1. The monoisotopic (exact) mass is 300 g/mol. The van der Waals surface area contributed by atoms with Crippen LogP contribution in [0, 0.1) is 10.1 Å². The van der Waals surface area contributed by atoms with Gasteiger partial charge in [0, 0.05) is 22.5 Å². The van der Waals surface area contributed by atoms with Crippen LogP contribution in [-0.4, -0.2) is 9.91 Å². The van der Waals surface area contributed by atoms with E-state index in [-0.39, 0.29) is 16.0 Å². The number of nitrogens with zero attached hydrogens (tertiary/aromatic N) is 2. The molecule has 8 heteroatoms. The normalized spacial score (nSPS) is 10.7. The number of alkyl halides is 3. The quantitative estimate of drug-likeness (QED) is 0.372. The number of pyridine rings is 1. The van der Waals surface area contributed by atoms with Gasteiger partial charge in [-0.15, -0.1) is 0 Å². The first-order chi connectivity index (χ1) is 6.97. The molecule has 1 aromatic rings. The Morgan fingerprint density at radius 1 is 1.67 bits per heavy atom. The van der Waals surface area contributed by atoms with Crippen molar-refractivity contribution >= 4 is 33.3 Å². The predicted molar refractivity (Wildman–Crippen MR) is 53.5 cm³/mol. The molecular formula is C7H4BrClF2N2O2. The zero-order valence-electron chi connectivity index (χ0n) is 7.08. The average Bonchev–Trinajstić information content (AvgIpc) is 2.16. The lowest BCUT2D eigenvalue weighted by atomic mass is 10.1. The molecule has 1 rings (SSSR count). The number of hydrogen-bond donors (Lipinski definition) is 0. The summed E-state index contributed by atoms with van der Waals surface area (Å²) in [6, 6.07) is 0.729. The summed E-state index contributed by atoms with van der Waals surface area (Å²) in [4.78, 5) is 12.9. The van der Waals surface area contributed by atoms with E-state index in [0.717, 1.165) is 6.07 Å². The molecule has 0 fully saturated rings. The maximum atomic E-state index is 12.5. The maximum absolute atomic E-state index is 12.5. The molecule has 0 amide bonds. The Hall–Kier alpha value is -0.820. The molecule has 0 unspecified atom stereocenters. The van der Waals surface area contributed by atoms with Gasteiger partial charge < -0.3 is 10.1 Å². The highest BCUT2D eigenvalue weighted by Crippen LogP contribution is 2.31. The fraction of sp³-hybridized carbons (Fsp3) is 0.286. The van der Waals surface area contributed by atoms with Gasteiger partial charge in [-0.25, -0.2) is 8.78 Å². The van der Waals surface area contributed by atoms with Crippen LogP contribution in [0.1, 0.15) is 17.6 Å². The molecule has 0 saturated carbocycles. The molecule has 4 nitrogen and oxygen atoms in total. The third kappa shape index (κ3) is 2.60. The third-order valence-corrected chi connectivity index (χ3v) is 2.52. The Bertz CT molecular complexity index is 403. The topological polar surface area (TPSA) is 56.0 Å². The Morgan fingerprint density at radius 2 is 2.27 bits per heavy atom. The highest BCUT2D eigenvalue weighted by Gasteiger charge is 2.23. The molecule has 1 heterocycles. The Kier molecular flexibility index (Phi) is 3.92. The van der Waals surface area contributed by atoms with Crippen molar-refractivity contribution in [2.24, 2.45) is 0 Å². The van der Waals surface area contributed by atoms with Crippen LogP contribution in [0.3, 0.4) is 0 Å². The van der Waals surface area contributed by atoms with E-state index < -0.39 is 22.7 Å². The van der Waals surface area contributed by atoms with Crippen molar-refractivity contribution in [2.75, 3.05) is 0 Å². The molecule has 0 bridgehead atoms. The molecule has 1 aromatic heterocycles. The summed E-state index contributed by atoms with van der Waals surface area (Å²) in [5.74, 6) is -0.681. The molecule has 0 saturated heterocycles. The van der Waals surface area contributed by atoms with Gasteiger partial charge in [0.25, 0.3) is 6.43 Å². The number of aromatic nitrogens is 1. The first kappa shape index (κ1) is 12.3. The predicted octanol–water partition coefficient (Wildman–Crippen LogP) is 3.48. The average molecular weight is 301 g/mol. The van der Waals surface area contributed by atoms with Crippen molar-refractivity contribution in [3.63, 3.8) is 0 Å². The van der Waals surface area contributed by atoms with E-state index in [1.54, 1.807) is 0 Å². The van der Waals surface area contributed by atoms with Crippen LogP contribution in [0.25, 0.3) is 0 Å². The van der Waals surface area contributed by atoms with Crippen molar-refractivity contribution < 1.29 is 13.7 Å². The second kappa shape index (κ2) is 4.80. The summed E-state index contributed by atoms with van der Waals surface area (Å²) in [6.07, 6.45) is -2.82. The van der Waals surface area contributed by atoms with Gasteiger partial charge in [-0.1, -0.05) is 15.9 Å². The molecule has 0 aliphatic rings. The van der Waals surface area contributed by atoms with Gasteiger partial charge in [-0.2, -0.15) is 0 Å². The van der Waals surface area contributed by atoms with Gasteiger partial charge in [-0.05, 0) is 21.5 Å². The largest absolute Gasteiger partial charge is 0.365 e. The molecule has 0 aliphatic heterocycles. The van der Waals surface area contributed by atoms with Crippen molar-refractivity contribution in [3.8, 4) is 0 Å². The van der Waals surface area contributed by atoms with E-state index in [1.165, 1.54) is 0 Å². The van der Waals surface area contributed by atoms with Crippen LogP contribution in [0.5, 0.6) is 0 Å². The fourth-order valence-electron chi connectivity index (χ4n) is 0.966. The second-order valence-corrected chi connectivity index (χ2v) is 3.45. The zero-order valence-corrected chi connectivity index (χ0v) is 9.43. The first-order valence-corrected chi connectivity index (χ1v) is 5.15. The van der Waals surface area contributed by atoms with Crippen LogP contribution in [0.2, 0.25) is 5.15 Å². The molecule has 0 spiro atoms. The van der Waals surface area contributed by atoms with Crippen LogP contribution < -0.4 is 0 Å². The van der Waals surface area contributed by atoms with E-state index in [9.17, 15) is 18.9 Å². The Balaban J connectivity index is 3.38. The van der Waals surface area contributed by atoms with Crippen molar-refractivity contribution in [1.29, 1.82) is 0 Å². The number of hydrogen-bond acceptors (Lipinski definition) is 3. The minimum Gasteiger partial charge on any atom is -0.358 e. The standard InChI is InChI=1S/C7H4BrClF2N2O2/c8-2-4-3(7(10)11)1-5(13(14)15)12-6(4)9/h1,7H,2H2. The van der Waals surface area contributed by atoms with Crippen LogP contribution in [-0.2, 0) is 5.33 Å². The van der Waals surface area contributed by atoms with Crippen LogP contribution >= 0.6 is 27.5 Å². The summed E-state index contributed by atoms with van der Waals surface area (Å²) in [6.45, 7) is 0. The van der Waals surface area contributed by atoms with E-state index in [4.69, 9.17) is 11.6 Å². The Labute approximate surface area is 96.5 Å². The van der Waals surface area contributed by atoms with E-state index in [1.807, 2.05) is 0 Å². The number of rotatable bonds is 3. The SMILES string of the molecule is O=[N+]([O-])c1cc(C(F)F)c(CBr)c(Cl)n1. The zero-order chi connectivity index (χ0) is 11.6. The first-order valence-electron chi connectivity index (χ1n) is 3.65. The van der Waals surface area contributed by atoms with E-state index in [2.05, 4.69) is 20.9 Å². The van der Waals surface area contributed by atoms with Gasteiger partial charge in [-0.3, -0.25) is 0 Å². The molecule has 0 aromatic carbocycles. The molecule has 0 atom stereocenters. The minimum atomic E-state index is -2.82. The van der Waals surface area contributed by atoms with Gasteiger partial charge in [0.05, 0.1) is 0 Å². The highest BCUT2D eigenvalue weighted by molar-refractivity contribution is 9.08. The van der Waals surface area contributed by atoms with E-state index >= 15 is 0 Å². The smallest absolute Gasteiger partial charge is 0.358 e. The lowest BCUT2D eigenvalue weighted by molar-refractivity contribution is -0.389. The van der Waals surface area contributed by atoms with Crippen LogP contribution in [0.15, 0.2) is 6.07 Å². The van der Waals surface area contributed by atoms with Crippen molar-refractivity contribution in [1.82, 2.24) is 4.98 Å². The molecule has 0 radical (unpaired) electrons. The highest BCUT2D eigenvalue weighted by atomic mass is 79.9. The van der Waals surface area contributed by atoms with Gasteiger partial charge in [0.15, 0.2) is 0 Å².